The zero-order chi connectivity index (χ0) is 13.2. The normalized spacial score (nSPS) is 18.1. The Morgan fingerprint density at radius 1 is 1.33 bits per heavy atom. The Labute approximate surface area is 106 Å². The summed E-state index contributed by atoms with van der Waals surface area (Å²) >= 11 is 0. The average Bonchev–Trinajstić information content (AvgIpc) is 2.39. The van der Waals surface area contributed by atoms with Crippen LogP contribution in [0, 0.1) is 0 Å². The molecule has 1 N–H and O–H groups in total. The van der Waals surface area contributed by atoms with Crippen LogP contribution in [0.4, 0.5) is 0 Å². The highest BCUT2D eigenvalue weighted by atomic mass is 32.2. The topological polar surface area (TPSA) is 79.5 Å². The van der Waals surface area contributed by atoms with E-state index in [2.05, 4.69) is 4.98 Å². The van der Waals surface area contributed by atoms with Crippen LogP contribution in [0.5, 0.6) is 0 Å². The second-order valence-corrected chi connectivity index (χ2v) is 6.25. The maximum absolute atomic E-state index is 12.3. The number of nitrogens with one attached hydrogen (secondary N) is 1. The van der Waals surface area contributed by atoms with Crippen molar-refractivity contribution in [2.24, 2.45) is 0 Å². The van der Waals surface area contributed by atoms with Gasteiger partial charge in [-0.15, -0.1) is 0 Å². The van der Waals surface area contributed by atoms with E-state index >= 15 is 0 Å². The van der Waals surface area contributed by atoms with Crippen LogP contribution in [0.2, 0.25) is 0 Å². The van der Waals surface area contributed by atoms with Crippen molar-refractivity contribution in [3.05, 3.63) is 28.7 Å². The van der Waals surface area contributed by atoms with Crippen molar-refractivity contribution in [2.75, 3.05) is 20.3 Å². The van der Waals surface area contributed by atoms with E-state index < -0.39 is 10.0 Å². The van der Waals surface area contributed by atoms with Gasteiger partial charge in [0.2, 0.25) is 15.6 Å². The number of aromatic nitrogens is 1. The van der Waals surface area contributed by atoms with E-state index in [1.54, 1.807) is 7.05 Å². The second kappa shape index (κ2) is 5.21. The summed E-state index contributed by atoms with van der Waals surface area (Å²) in [4.78, 5) is 13.4. The van der Waals surface area contributed by atoms with Gasteiger partial charge < -0.3 is 9.72 Å². The molecule has 2 rings (SSSR count). The predicted molar refractivity (Wildman–Crippen MR) is 65.9 cm³/mol. The lowest BCUT2D eigenvalue weighted by atomic mass is 10.1. The van der Waals surface area contributed by atoms with E-state index in [0.29, 0.717) is 26.1 Å². The van der Waals surface area contributed by atoms with Crippen molar-refractivity contribution in [3.8, 4) is 0 Å². The summed E-state index contributed by atoms with van der Waals surface area (Å²) in [6.45, 7) is 1.16. The number of hydrogen-bond acceptors (Lipinski definition) is 4. The van der Waals surface area contributed by atoms with Gasteiger partial charge in [0.1, 0.15) is 0 Å². The number of hydrogen-bond donors (Lipinski definition) is 1. The second-order valence-electron chi connectivity index (χ2n) is 4.25. The van der Waals surface area contributed by atoms with Gasteiger partial charge in [0.05, 0.1) is 4.90 Å². The van der Waals surface area contributed by atoms with Gasteiger partial charge in [-0.05, 0) is 18.9 Å². The standard InChI is InChI=1S/C11H16N2O4S/c1-13(9-4-6-17-7-5-9)18(15,16)10-2-3-11(14)12-8-10/h2-3,8-9H,4-7H2,1H3,(H,12,14). The Balaban J connectivity index is 2.24. The minimum atomic E-state index is -3.55. The molecule has 2 heterocycles. The van der Waals surface area contributed by atoms with Crippen LogP contribution < -0.4 is 5.56 Å². The summed E-state index contributed by atoms with van der Waals surface area (Å²) in [7, 11) is -1.98. The third-order valence-electron chi connectivity index (χ3n) is 3.14. The Morgan fingerprint density at radius 2 is 2.00 bits per heavy atom. The minimum Gasteiger partial charge on any atom is -0.381 e. The molecule has 6 nitrogen and oxygen atoms in total. The van der Waals surface area contributed by atoms with Crippen molar-refractivity contribution in [1.82, 2.24) is 9.29 Å². The molecule has 1 aliphatic heterocycles. The van der Waals surface area contributed by atoms with Crippen LogP contribution >= 0.6 is 0 Å². The van der Waals surface area contributed by atoms with E-state index in [1.807, 2.05) is 0 Å². The molecule has 1 saturated heterocycles. The van der Waals surface area contributed by atoms with Crippen LogP contribution in [-0.4, -0.2) is 44.0 Å². The molecule has 1 aromatic heterocycles. The maximum Gasteiger partial charge on any atom is 0.247 e. The van der Waals surface area contributed by atoms with Gasteiger partial charge >= 0.3 is 0 Å². The molecule has 1 fully saturated rings. The number of nitrogens with zero attached hydrogens (tertiary/aromatic N) is 1. The smallest absolute Gasteiger partial charge is 0.247 e. The first-order valence-electron chi connectivity index (χ1n) is 5.76. The van der Waals surface area contributed by atoms with E-state index in [1.165, 1.54) is 22.6 Å². The lowest BCUT2D eigenvalue weighted by molar-refractivity contribution is 0.0632. The molecule has 18 heavy (non-hydrogen) atoms. The van der Waals surface area contributed by atoms with Crippen molar-refractivity contribution in [1.29, 1.82) is 0 Å². The lowest BCUT2D eigenvalue weighted by Crippen LogP contribution is -2.40. The minimum absolute atomic E-state index is 0.0457. The first kappa shape index (κ1) is 13.3. The molecule has 0 saturated carbocycles. The Hall–Kier alpha value is -1.18. The fourth-order valence-corrected chi connectivity index (χ4v) is 3.35. The Bertz CT molecular complexity index is 540. The van der Waals surface area contributed by atoms with Crippen molar-refractivity contribution >= 4 is 10.0 Å². The fraction of sp³-hybridized carbons (Fsp3) is 0.545. The Morgan fingerprint density at radius 3 is 2.56 bits per heavy atom. The van der Waals surface area contributed by atoms with Crippen LogP contribution in [0.1, 0.15) is 12.8 Å². The van der Waals surface area contributed by atoms with Crippen LogP contribution in [-0.2, 0) is 14.8 Å². The van der Waals surface area contributed by atoms with Gasteiger partial charge in [-0.1, -0.05) is 0 Å². The number of rotatable bonds is 3. The summed E-state index contributed by atoms with van der Waals surface area (Å²) < 4.78 is 31.2. The molecular weight excluding hydrogens is 256 g/mol. The molecule has 0 aromatic carbocycles. The van der Waals surface area contributed by atoms with E-state index in [-0.39, 0.29) is 16.5 Å². The van der Waals surface area contributed by atoms with Gasteiger partial charge in [-0.25, -0.2) is 8.42 Å². The van der Waals surface area contributed by atoms with Crippen molar-refractivity contribution in [3.63, 3.8) is 0 Å². The summed E-state index contributed by atoms with van der Waals surface area (Å²) in [5.41, 5.74) is -0.317. The molecule has 0 aliphatic carbocycles. The molecule has 1 aromatic rings. The zero-order valence-corrected chi connectivity index (χ0v) is 10.9. The summed E-state index contributed by atoms with van der Waals surface area (Å²) in [5.74, 6) is 0. The molecule has 0 radical (unpaired) electrons. The lowest BCUT2D eigenvalue weighted by Gasteiger charge is -2.30. The van der Waals surface area contributed by atoms with Crippen LogP contribution in [0.15, 0.2) is 28.0 Å². The number of H-pyrrole nitrogens is 1. The van der Waals surface area contributed by atoms with Crippen molar-refractivity contribution < 1.29 is 13.2 Å². The SMILES string of the molecule is CN(C1CCOCC1)S(=O)(=O)c1ccc(=O)[nH]c1. The number of sulfonamides is 1. The summed E-state index contributed by atoms with van der Waals surface area (Å²) in [5, 5.41) is 0. The molecular formula is C11H16N2O4S. The third kappa shape index (κ3) is 2.63. The summed E-state index contributed by atoms with van der Waals surface area (Å²) in [6.07, 6.45) is 2.62. The highest BCUT2D eigenvalue weighted by Gasteiger charge is 2.29. The van der Waals surface area contributed by atoms with Crippen molar-refractivity contribution in [2.45, 2.75) is 23.8 Å². The quantitative estimate of drug-likeness (QED) is 0.851. The molecule has 100 valence electrons. The number of aromatic amines is 1. The van der Waals surface area contributed by atoms with Gasteiger partial charge in [0.25, 0.3) is 0 Å². The molecule has 0 unspecified atom stereocenters. The highest BCUT2D eigenvalue weighted by Crippen LogP contribution is 2.20. The molecule has 0 bridgehead atoms. The van der Waals surface area contributed by atoms with Crippen LogP contribution in [0.3, 0.4) is 0 Å². The molecule has 0 amide bonds. The van der Waals surface area contributed by atoms with Gasteiger partial charge in [0.15, 0.2) is 0 Å². The first-order chi connectivity index (χ1) is 8.51. The largest absolute Gasteiger partial charge is 0.381 e. The predicted octanol–water partition coefficient (Wildman–Crippen LogP) is 0.174. The molecule has 7 heteroatoms. The summed E-state index contributed by atoms with van der Waals surface area (Å²) in [6, 6.07) is 2.49. The monoisotopic (exact) mass is 272 g/mol. The van der Waals surface area contributed by atoms with E-state index in [0.717, 1.165) is 0 Å². The van der Waals surface area contributed by atoms with E-state index in [9.17, 15) is 13.2 Å². The molecule has 0 atom stereocenters. The number of pyridine rings is 1. The maximum atomic E-state index is 12.3. The average molecular weight is 272 g/mol. The van der Waals surface area contributed by atoms with E-state index in [4.69, 9.17) is 4.74 Å². The number of ether oxygens (including phenoxy) is 1. The van der Waals surface area contributed by atoms with Gasteiger partial charge in [-0.2, -0.15) is 4.31 Å². The molecule has 1 aliphatic rings. The Kier molecular flexibility index (Phi) is 3.84. The van der Waals surface area contributed by atoms with Gasteiger partial charge in [0, 0.05) is 38.6 Å². The zero-order valence-electron chi connectivity index (χ0n) is 10.1. The third-order valence-corrected chi connectivity index (χ3v) is 5.04. The molecule has 0 spiro atoms. The first-order valence-corrected chi connectivity index (χ1v) is 7.20. The highest BCUT2D eigenvalue weighted by molar-refractivity contribution is 7.89. The fourth-order valence-electron chi connectivity index (χ4n) is 1.97. The van der Waals surface area contributed by atoms with Crippen LogP contribution in [0.25, 0.3) is 0 Å². The van der Waals surface area contributed by atoms with Gasteiger partial charge in [-0.3, -0.25) is 4.79 Å².